The zero-order valence-corrected chi connectivity index (χ0v) is 6.72. The van der Waals surface area contributed by atoms with Crippen molar-refractivity contribution in [3.05, 3.63) is 36.0 Å². The first-order valence-electron chi connectivity index (χ1n) is 3.77. The van der Waals surface area contributed by atoms with Crippen LogP contribution in [0.3, 0.4) is 0 Å². The van der Waals surface area contributed by atoms with E-state index in [-0.39, 0.29) is 5.78 Å². The monoisotopic (exact) mass is 158 g/mol. The van der Waals surface area contributed by atoms with Gasteiger partial charge < -0.3 is 4.98 Å². The molecule has 1 radical (unpaired) electrons. The highest BCUT2D eigenvalue weighted by molar-refractivity contribution is 5.97. The van der Waals surface area contributed by atoms with Crippen LogP contribution in [-0.2, 0) is 0 Å². The van der Waals surface area contributed by atoms with Gasteiger partial charge in [-0.2, -0.15) is 0 Å². The molecule has 0 saturated carbocycles. The van der Waals surface area contributed by atoms with Gasteiger partial charge in [-0.25, -0.2) is 0 Å². The normalized spacial score (nSPS) is 10.4. The smallest absolute Gasteiger partial charge is 0.175 e. The zero-order chi connectivity index (χ0) is 8.55. The Hall–Kier alpha value is -1.57. The lowest BCUT2D eigenvalue weighted by molar-refractivity contribution is 0.101. The van der Waals surface area contributed by atoms with Crippen LogP contribution in [-0.4, -0.2) is 10.8 Å². The molecule has 0 aliphatic carbocycles. The van der Waals surface area contributed by atoms with Gasteiger partial charge in [0.05, 0.1) is 5.69 Å². The Kier molecular flexibility index (Phi) is 1.47. The summed E-state index contributed by atoms with van der Waals surface area (Å²) < 4.78 is 0. The molecule has 1 N–H and O–H groups in total. The molecule has 1 aromatic heterocycles. The van der Waals surface area contributed by atoms with Crippen molar-refractivity contribution in [3.63, 3.8) is 0 Å². The van der Waals surface area contributed by atoms with Crippen molar-refractivity contribution in [1.82, 2.24) is 4.98 Å². The van der Waals surface area contributed by atoms with Crippen LogP contribution in [0.25, 0.3) is 10.9 Å². The lowest BCUT2D eigenvalue weighted by Crippen LogP contribution is -1.89. The number of aromatic nitrogens is 1. The molecule has 2 heteroatoms. The van der Waals surface area contributed by atoms with Gasteiger partial charge >= 0.3 is 0 Å². The van der Waals surface area contributed by atoms with Crippen LogP contribution in [0, 0.1) is 6.07 Å². The Morgan fingerprint density at radius 1 is 1.58 bits per heavy atom. The minimum absolute atomic E-state index is 0.0613. The largest absolute Gasteiger partial charge is 0.352 e. The number of nitrogens with one attached hydrogen (secondary N) is 1. The molecule has 0 atom stereocenters. The fourth-order valence-corrected chi connectivity index (χ4v) is 1.20. The number of hydrogen-bond donors (Lipinski definition) is 1. The second-order valence-electron chi connectivity index (χ2n) is 2.75. The first-order valence-corrected chi connectivity index (χ1v) is 3.77. The third-order valence-electron chi connectivity index (χ3n) is 1.84. The standard InChI is InChI=1S/C10H8NO/c1-7(12)10-6-8-4-2-3-5-9(8)11-10/h3-6,11H,1H3. The number of fused-ring (bicyclic) bond motifs is 1. The summed E-state index contributed by atoms with van der Waals surface area (Å²) in [6.07, 6.45) is 0. The molecule has 2 nitrogen and oxygen atoms in total. The molecular formula is C10H8NO. The van der Waals surface area contributed by atoms with Gasteiger partial charge in [-0.15, -0.1) is 0 Å². The van der Waals surface area contributed by atoms with Crippen molar-refractivity contribution in [2.45, 2.75) is 6.92 Å². The van der Waals surface area contributed by atoms with Crippen molar-refractivity contribution < 1.29 is 4.79 Å². The number of rotatable bonds is 1. The molecule has 0 spiro atoms. The van der Waals surface area contributed by atoms with Gasteiger partial charge in [0, 0.05) is 17.8 Å². The fraction of sp³-hybridized carbons (Fsp3) is 0.100. The molecule has 1 heterocycles. The van der Waals surface area contributed by atoms with E-state index in [1.807, 2.05) is 24.3 Å². The number of H-pyrrole nitrogens is 1. The molecule has 0 saturated heterocycles. The van der Waals surface area contributed by atoms with E-state index in [0.717, 1.165) is 10.9 Å². The van der Waals surface area contributed by atoms with E-state index < -0.39 is 0 Å². The Balaban J connectivity index is 2.70. The van der Waals surface area contributed by atoms with Gasteiger partial charge in [0.1, 0.15) is 0 Å². The molecule has 0 unspecified atom stereocenters. The van der Waals surface area contributed by atoms with Gasteiger partial charge in [0.2, 0.25) is 0 Å². The quantitative estimate of drug-likeness (QED) is 0.634. The first-order chi connectivity index (χ1) is 5.77. The molecule has 1 aromatic carbocycles. The van der Waals surface area contributed by atoms with Crippen LogP contribution in [0.5, 0.6) is 0 Å². The summed E-state index contributed by atoms with van der Waals surface area (Å²) in [5, 5.41) is 1.03. The van der Waals surface area contributed by atoms with E-state index in [1.54, 1.807) is 6.92 Å². The van der Waals surface area contributed by atoms with E-state index in [4.69, 9.17) is 0 Å². The summed E-state index contributed by atoms with van der Waals surface area (Å²) in [4.78, 5) is 14.0. The van der Waals surface area contributed by atoms with Crippen LogP contribution < -0.4 is 0 Å². The second-order valence-corrected chi connectivity index (χ2v) is 2.75. The number of Topliss-reactive ketones (excluding diaryl/α,β-unsaturated/α-hetero) is 1. The van der Waals surface area contributed by atoms with Crippen molar-refractivity contribution >= 4 is 16.7 Å². The summed E-state index contributed by atoms with van der Waals surface area (Å²) in [7, 11) is 0. The third kappa shape index (κ3) is 1.01. The predicted molar refractivity (Wildman–Crippen MR) is 47.1 cm³/mol. The number of benzene rings is 1. The lowest BCUT2D eigenvalue weighted by atomic mass is 10.2. The Bertz CT molecular complexity index is 395. The van der Waals surface area contributed by atoms with Crippen LogP contribution >= 0.6 is 0 Å². The zero-order valence-electron chi connectivity index (χ0n) is 6.72. The van der Waals surface area contributed by atoms with Gasteiger partial charge in [-0.3, -0.25) is 4.79 Å². The minimum Gasteiger partial charge on any atom is -0.352 e. The average molecular weight is 158 g/mol. The molecule has 0 amide bonds. The highest BCUT2D eigenvalue weighted by Gasteiger charge is 2.02. The molecule has 2 rings (SSSR count). The molecule has 2 aromatic rings. The number of carbonyl (C=O) groups excluding carboxylic acids is 1. The highest BCUT2D eigenvalue weighted by Crippen LogP contribution is 2.14. The Labute approximate surface area is 70.2 Å². The number of hydrogen-bond acceptors (Lipinski definition) is 1. The lowest BCUT2D eigenvalue weighted by Gasteiger charge is -1.84. The van der Waals surface area contributed by atoms with Crippen molar-refractivity contribution in [2.75, 3.05) is 0 Å². The van der Waals surface area contributed by atoms with Crippen LogP contribution in [0.15, 0.2) is 24.3 Å². The van der Waals surface area contributed by atoms with Crippen molar-refractivity contribution in [3.8, 4) is 0 Å². The summed E-state index contributed by atoms with van der Waals surface area (Å²) >= 11 is 0. The number of ketones is 1. The molecular weight excluding hydrogens is 150 g/mol. The maximum Gasteiger partial charge on any atom is 0.175 e. The second kappa shape index (κ2) is 2.48. The van der Waals surface area contributed by atoms with Crippen molar-refractivity contribution in [1.29, 1.82) is 0 Å². The van der Waals surface area contributed by atoms with E-state index in [1.165, 1.54) is 0 Å². The maximum atomic E-state index is 11.0. The van der Waals surface area contributed by atoms with E-state index in [9.17, 15) is 4.79 Å². The van der Waals surface area contributed by atoms with Gasteiger partial charge in [-0.05, 0) is 24.3 Å². The SMILES string of the molecule is CC(=O)c1cc2c[c]ccc2[nH]1. The predicted octanol–water partition coefficient (Wildman–Crippen LogP) is 2.17. The fourth-order valence-electron chi connectivity index (χ4n) is 1.20. The third-order valence-corrected chi connectivity index (χ3v) is 1.84. The molecule has 12 heavy (non-hydrogen) atoms. The summed E-state index contributed by atoms with van der Waals surface area (Å²) in [6, 6.07) is 10.4. The van der Waals surface area contributed by atoms with E-state index >= 15 is 0 Å². The van der Waals surface area contributed by atoms with Gasteiger partial charge in [0.25, 0.3) is 0 Å². The van der Waals surface area contributed by atoms with Crippen molar-refractivity contribution in [2.24, 2.45) is 0 Å². The highest BCUT2D eigenvalue weighted by atomic mass is 16.1. The molecule has 0 bridgehead atoms. The Morgan fingerprint density at radius 2 is 2.42 bits per heavy atom. The summed E-state index contributed by atoms with van der Waals surface area (Å²) in [5.74, 6) is 0.0613. The van der Waals surface area contributed by atoms with Crippen LogP contribution in [0.1, 0.15) is 17.4 Å². The molecule has 0 aliphatic rings. The summed E-state index contributed by atoms with van der Waals surface area (Å²) in [5.41, 5.74) is 1.64. The molecule has 0 fully saturated rings. The summed E-state index contributed by atoms with van der Waals surface area (Å²) in [6.45, 7) is 1.55. The number of aromatic amines is 1. The first kappa shape index (κ1) is 7.10. The average Bonchev–Trinajstić information content (AvgIpc) is 2.46. The van der Waals surface area contributed by atoms with Gasteiger partial charge in [0.15, 0.2) is 5.78 Å². The minimum atomic E-state index is 0.0613. The van der Waals surface area contributed by atoms with Gasteiger partial charge in [-0.1, -0.05) is 6.07 Å². The number of carbonyl (C=O) groups is 1. The van der Waals surface area contributed by atoms with Crippen LogP contribution in [0.2, 0.25) is 0 Å². The topological polar surface area (TPSA) is 32.9 Å². The molecule has 59 valence electrons. The maximum absolute atomic E-state index is 11.0. The van der Waals surface area contributed by atoms with E-state index in [2.05, 4.69) is 11.1 Å². The van der Waals surface area contributed by atoms with Crippen LogP contribution in [0.4, 0.5) is 0 Å². The Morgan fingerprint density at radius 3 is 3.08 bits per heavy atom. The van der Waals surface area contributed by atoms with E-state index in [0.29, 0.717) is 5.69 Å². The molecule has 0 aliphatic heterocycles.